The number of alkyl halides is 1. The Morgan fingerprint density at radius 3 is 2.75 bits per heavy atom. The van der Waals surface area contributed by atoms with Crippen LogP contribution in [0.1, 0.15) is 5.56 Å². The van der Waals surface area contributed by atoms with Crippen molar-refractivity contribution in [2.24, 2.45) is 0 Å². The molecule has 66 valence electrons. The molecule has 0 amide bonds. The van der Waals surface area contributed by atoms with Crippen LogP contribution in [0.5, 0.6) is 5.75 Å². The van der Waals surface area contributed by atoms with Gasteiger partial charge >= 0.3 is 0 Å². The molecule has 0 fully saturated rings. The number of rotatable bonds is 3. The van der Waals surface area contributed by atoms with Crippen LogP contribution in [0.15, 0.2) is 22.7 Å². The summed E-state index contributed by atoms with van der Waals surface area (Å²) in [5.41, 5.74) is 1.27. The molecule has 0 aliphatic heterocycles. The zero-order valence-electron chi connectivity index (χ0n) is 6.81. The SMILES string of the molecule is COc1ccc(Br)c(CCBr)c1. The first-order valence-electron chi connectivity index (χ1n) is 3.66. The van der Waals surface area contributed by atoms with Crippen LogP contribution in [0.4, 0.5) is 0 Å². The fourth-order valence-electron chi connectivity index (χ4n) is 0.971. The Hall–Kier alpha value is -0.0200. The summed E-state index contributed by atoms with van der Waals surface area (Å²) in [6.07, 6.45) is 1.01. The lowest BCUT2D eigenvalue weighted by atomic mass is 10.2. The summed E-state index contributed by atoms with van der Waals surface area (Å²) in [5, 5.41) is 0.971. The van der Waals surface area contributed by atoms with Gasteiger partial charge in [-0.2, -0.15) is 0 Å². The average Bonchev–Trinajstić information content (AvgIpc) is 2.09. The van der Waals surface area contributed by atoms with E-state index in [1.165, 1.54) is 5.56 Å². The first kappa shape index (κ1) is 10.1. The second-order valence-corrected chi connectivity index (χ2v) is 4.04. The number of benzene rings is 1. The van der Waals surface area contributed by atoms with Crippen molar-refractivity contribution in [3.63, 3.8) is 0 Å². The van der Waals surface area contributed by atoms with Crippen molar-refractivity contribution in [3.05, 3.63) is 28.2 Å². The minimum atomic E-state index is 0.911. The van der Waals surface area contributed by atoms with E-state index in [9.17, 15) is 0 Å². The third-order valence-electron chi connectivity index (χ3n) is 1.62. The van der Waals surface area contributed by atoms with Crippen molar-refractivity contribution in [3.8, 4) is 5.75 Å². The zero-order valence-corrected chi connectivity index (χ0v) is 9.98. The maximum Gasteiger partial charge on any atom is 0.119 e. The van der Waals surface area contributed by atoms with Gasteiger partial charge in [-0.15, -0.1) is 0 Å². The van der Waals surface area contributed by atoms with Crippen molar-refractivity contribution >= 4 is 31.9 Å². The monoisotopic (exact) mass is 292 g/mol. The molecule has 3 heteroatoms. The van der Waals surface area contributed by atoms with E-state index >= 15 is 0 Å². The molecule has 1 nitrogen and oxygen atoms in total. The Morgan fingerprint density at radius 2 is 2.17 bits per heavy atom. The molecule has 0 aliphatic carbocycles. The average molecular weight is 294 g/mol. The lowest BCUT2D eigenvalue weighted by molar-refractivity contribution is 0.414. The molecule has 0 aliphatic rings. The quantitative estimate of drug-likeness (QED) is 0.776. The second-order valence-electron chi connectivity index (χ2n) is 2.40. The van der Waals surface area contributed by atoms with Crippen LogP contribution in [0.3, 0.4) is 0 Å². The maximum absolute atomic E-state index is 5.12. The molecule has 12 heavy (non-hydrogen) atoms. The highest BCUT2D eigenvalue weighted by atomic mass is 79.9. The van der Waals surface area contributed by atoms with Crippen LogP contribution >= 0.6 is 31.9 Å². The van der Waals surface area contributed by atoms with E-state index < -0.39 is 0 Å². The fourth-order valence-corrected chi connectivity index (χ4v) is 1.84. The standard InChI is InChI=1S/C9H10Br2O/c1-12-8-2-3-9(11)7(6-8)4-5-10/h2-3,6H,4-5H2,1H3. The highest BCUT2D eigenvalue weighted by Crippen LogP contribution is 2.23. The molecule has 0 bridgehead atoms. The molecule has 1 aromatic carbocycles. The van der Waals surface area contributed by atoms with Crippen molar-refractivity contribution in [1.29, 1.82) is 0 Å². The molecule has 0 heterocycles. The van der Waals surface area contributed by atoms with Gasteiger partial charge in [-0.3, -0.25) is 0 Å². The van der Waals surface area contributed by atoms with Crippen molar-refractivity contribution in [2.75, 3.05) is 12.4 Å². The van der Waals surface area contributed by atoms with Crippen LogP contribution in [0.25, 0.3) is 0 Å². The van der Waals surface area contributed by atoms with Crippen LogP contribution in [0, 0.1) is 0 Å². The van der Waals surface area contributed by atoms with Gasteiger partial charge in [-0.25, -0.2) is 0 Å². The van der Waals surface area contributed by atoms with Crippen molar-refractivity contribution in [1.82, 2.24) is 0 Å². The summed E-state index contributed by atoms with van der Waals surface area (Å²) in [5.74, 6) is 0.911. The Balaban J connectivity index is 2.91. The number of methoxy groups -OCH3 is 1. The molecule has 0 aromatic heterocycles. The Bertz CT molecular complexity index is 261. The third-order valence-corrected chi connectivity index (χ3v) is 2.79. The highest BCUT2D eigenvalue weighted by Gasteiger charge is 2.00. The van der Waals surface area contributed by atoms with Gasteiger partial charge in [0.05, 0.1) is 7.11 Å². The van der Waals surface area contributed by atoms with Gasteiger partial charge in [0.2, 0.25) is 0 Å². The van der Waals surface area contributed by atoms with Gasteiger partial charge in [-0.05, 0) is 30.2 Å². The zero-order chi connectivity index (χ0) is 8.97. The molecule has 0 N–H and O–H groups in total. The number of hydrogen-bond donors (Lipinski definition) is 0. The van der Waals surface area contributed by atoms with Gasteiger partial charge in [0, 0.05) is 9.80 Å². The molecule has 0 atom stereocenters. The molecule has 0 spiro atoms. The molecule has 1 aromatic rings. The lowest BCUT2D eigenvalue weighted by Crippen LogP contribution is -1.90. The van der Waals surface area contributed by atoms with E-state index in [2.05, 4.69) is 31.9 Å². The van der Waals surface area contributed by atoms with Gasteiger partial charge in [0.1, 0.15) is 5.75 Å². The predicted octanol–water partition coefficient (Wildman–Crippen LogP) is 3.40. The smallest absolute Gasteiger partial charge is 0.119 e. The summed E-state index contributed by atoms with van der Waals surface area (Å²) in [7, 11) is 1.68. The number of aryl methyl sites for hydroxylation is 1. The number of hydrogen-bond acceptors (Lipinski definition) is 1. The second kappa shape index (κ2) is 4.87. The predicted molar refractivity (Wildman–Crippen MR) is 58.2 cm³/mol. The third kappa shape index (κ3) is 2.49. The minimum Gasteiger partial charge on any atom is -0.497 e. The summed E-state index contributed by atoms with van der Waals surface area (Å²) in [4.78, 5) is 0. The normalized spacial score (nSPS) is 9.92. The van der Waals surface area contributed by atoms with Gasteiger partial charge in [0.25, 0.3) is 0 Å². The van der Waals surface area contributed by atoms with E-state index in [0.29, 0.717) is 0 Å². The van der Waals surface area contributed by atoms with Crippen LogP contribution < -0.4 is 4.74 Å². The summed E-state index contributed by atoms with van der Waals surface area (Å²) in [6.45, 7) is 0. The largest absolute Gasteiger partial charge is 0.497 e. The van der Waals surface area contributed by atoms with Crippen molar-refractivity contribution < 1.29 is 4.74 Å². The molecule has 0 radical (unpaired) electrons. The molecule has 0 saturated carbocycles. The van der Waals surface area contributed by atoms with Gasteiger partial charge in [0.15, 0.2) is 0 Å². The molecule has 1 rings (SSSR count). The Labute approximate surface area is 89.4 Å². The number of halogens is 2. The van der Waals surface area contributed by atoms with Crippen molar-refractivity contribution in [2.45, 2.75) is 6.42 Å². The number of ether oxygens (including phenoxy) is 1. The lowest BCUT2D eigenvalue weighted by Gasteiger charge is -2.04. The van der Waals surface area contributed by atoms with Gasteiger partial charge < -0.3 is 4.74 Å². The van der Waals surface area contributed by atoms with Crippen LogP contribution in [-0.4, -0.2) is 12.4 Å². The summed E-state index contributed by atoms with van der Waals surface area (Å²) >= 11 is 6.89. The van der Waals surface area contributed by atoms with E-state index in [-0.39, 0.29) is 0 Å². The molecular formula is C9H10Br2O. The molecule has 0 unspecified atom stereocenters. The van der Waals surface area contributed by atoms with E-state index in [1.54, 1.807) is 7.11 Å². The Kier molecular flexibility index (Phi) is 4.09. The molecular weight excluding hydrogens is 284 g/mol. The summed E-state index contributed by atoms with van der Waals surface area (Å²) < 4.78 is 6.26. The van der Waals surface area contributed by atoms with Crippen LogP contribution in [0.2, 0.25) is 0 Å². The first-order chi connectivity index (χ1) is 5.77. The van der Waals surface area contributed by atoms with Gasteiger partial charge in [-0.1, -0.05) is 31.9 Å². The van der Waals surface area contributed by atoms with E-state index in [1.807, 2.05) is 18.2 Å². The maximum atomic E-state index is 5.12. The Morgan fingerprint density at radius 1 is 1.42 bits per heavy atom. The highest BCUT2D eigenvalue weighted by molar-refractivity contribution is 9.10. The first-order valence-corrected chi connectivity index (χ1v) is 5.57. The fraction of sp³-hybridized carbons (Fsp3) is 0.333. The minimum absolute atomic E-state index is 0.911. The molecule has 0 saturated heterocycles. The van der Waals surface area contributed by atoms with E-state index in [0.717, 1.165) is 22.0 Å². The van der Waals surface area contributed by atoms with E-state index in [4.69, 9.17) is 4.74 Å². The van der Waals surface area contributed by atoms with Crippen LogP contribution in [-0.2, 0) is 6.42 Å². The summed E-state index contributed by atoms with van der Waals surface area (Å²) in [6, 6.07) is 6.00. The topological polar surface area (TPSA) is 9.23 Å².